The fourth-order valence-corrected chi connectivity index (χ4v) is 1.83. The molecule has 0 saturated heterocycles. The van der Waals surface area contributed by atoms with Crippen LogP contribution >= 0.6 is 11.6 Å². The van der Waals surface area contributed by atoms with Crippen LogP contribution in [-0.4, -0.2) is 39.6 Å². The molecule has 0 unspecified atom stereocenters. The number of rotatable bonds is 6. The van der Waals surface area contributed by atoms with Crippen LogP contribution in [-0.2, 0) is 6.42 Å². The van der Waals surface area contributed by atoms with Crippen molar-refractivity contribution in [2.24, 2.45) is 4.99 Å². The average molecular weight is 306 g/mol. The fraction of sp³-hybridized carbons (Fsp3) is 0.462. The third-order valence-corrected chi connectivity index (χ3v) is 2.95. The molecule has 112 valence electrons. The lowest BCUT2D eigenvalue weighted by atomic mass is 10.1. The summed E-state index contributed by atoms with van der Waals surface area (Å²) >= 11 is 6.11. The number of hydrogen-bond acceptors (Lipinski definition) is 2. The molecule has 0 bridgehead atoms. The number of ether oxygens (including phenoxy) is 1. The monoisotopic (exact) mass is 305 g/mol. The van der Waals surface area contributed by atoms with Crippen molar-refractivity contribution in [3.63, 3.8) is 0 Å². The molecule has 0 aliphatic heterocycles. The quantitative estimate of drug-likeness (QED) is 0.626. The van der Waals surface area contributed by atoms with Crippen LogP contribution in [0, 0.1) is 0 Å². The van der Waals surface area contributed by atoms with Gasteiger partial charge in [-0.2, -0.15) is 0 Å². The molecule has 1 aromatic rings. The zero-order chi connectivity index (χ0) is 15.0. The van der Waals surface area contributed by atoms with Crippen LogP contribution in [0.5, 0.6) is 5.75 Å². The van der Waals surface area contributed by atoms with E-state index in [0.29, 0.717) is 29.7 Å². The number of halogens is 3. The van der Waals surface area contributed by atoms with Crippen molar-refractivity contribution in [3.05, 3.63) is 28.8 Å². The molecule has 0 atom stereocenters. The van der Waals surface area contributed by atoms with E-state index >= 15 is 0 Å². The normalized spacial score (nSPS) is 11.6. The van der Waals surface area contributed by atoms with Gasteiger partial charge in [0.05, 0.1) is 13.7 Å². The summed E-state index contributed by atoms with van der Waals surface area (Å²) in [6.07, 6.45) is -1.76. The van der Waals surface area contributed by atoms with Gasteiger partial charge in [0.25, 0.3) is 6.43 Å². The Morgan fingerprint density at radius 1 is 1.40 bits per heavy atom. The molecule has 0 aromatic heterocycles. The summed E-state index contributed by atoms with van der Waals surface area (Å²) < 4.78 is 29.2. The SMILES string of the molecule is CN=C(NCCc1ccc(OC)cc1Cl)NCC(F)F. The second-order valence-electron chi connectivity index (χ2n) is 3.98. The molecular formula is C13H18ClF2N3O. The number of hydrogen-bond donors (Lipinski definition) is 2. The Bertz CT molecular complexity index is 455. The third-order valence-electron chi connectivity index (χ3n) is 2.59. The number of alkyl halides is 2. The molecule has 0 radical (unpaired) electrons. The van der Waals surface area contributed by atoms with E-state index in [0.717, 1.165) is 5.56 Å². The van der Waals surface area contributed by atoms with Crippen LogP contribution in [0.4, 0.5) is 8.78 Å². The molecule has 4 nitrogen and oxygen atoms in total. The molecule has 0 fully saturated rings. The molecule has 7 heteroatoms. The van der Waals surface area contributed by atoms with Crippen molar-refractivity contribution < 1.29 is 13.5 Å². The van der Waals surface area contributed by atoms with E-state index in [9.17, 15) is 8.78 Å². The van der Waals surface area contributed by atoms with Crippen molar-refractivity contribution in [2.45, 2.75) is 12.8 Å². The first kappa shape index (κ1) is 16.5. The largest absolute Gasteiger partial charge is 0.497 e. The Morgan fingerprint density at radius 2 is 2.15 bits per heavy atom. The zero-order valence-corrected chi connectivity index (χ0v) is 12.2. The smallest absolute Gasteiger partial charge is 0.255 e. The van der Waals surface area contributed by atoms with E-state index < -0.39 is 13.0 Å². The summed E-state index contributed by atoms with van der Waals surface area (Å²) in [6, 6.07) is 5.43. The summed E-state index contributed by atoms with van der Waals surface area (Å²) in [5, 5.41) is 6.08. The maximum atomic E-state index is 12.1. The van der Waals surface area contributed by atoms with Crippen molar-refractivity contribution in [1.82, 2.24) is 10.6 Å². The fourth-order valence-electron chi connectivity index (χ4n) is 1.57. The van der Waals surface area contributed by atoms with Gasteiger partial charge in [0.1, 0.15) is 5.75 Å². The minimum atomic E-state index is -2.41. The summed E-state index contributed by atoms with van der Waals surface area (Å²) in [5.41, 5.74) is 0.948. The maximum Gasteiger partial charge on any atom is 0.255 e. The first-order valence-electron chi connectivity index (χ1n) is 6.12. The van der Waals surface area contributed by atoms with Crippen LogP contribution in [0.15, 0.2) is 23.2 Å². The lowest BCUT2D eigenvalue weighted by Crippen LogP contribution is -2.40. The summed E-state index contributed by atoms with van der Waals surface area (Å²) in [5.74, 6) is 1.04. The van der Waals surface area contributed by atoms with Crippen LogP contribution in [0.1, 0.15) is 5.56 Å². The van der Waals surface area contributed by atoms with E-state index in [-0.39, 0.29) is 0 Å². The van der Waals surface area contributed by atoms with Crippen LogP contribution < -0.4 is 15.4 Å². The molecule has 0 heterocycles. The van der Waals surface area contributed by atoms with E-state index in [4.69, 9.17) is 16.3 Å². The van der Waals surface area contributed by atoms with Crippen LogP contribution in [0.25, 0.3) is 0 Å². The molecule has 20 heavy (non-hydrogen) atoms. The highest BCUT2D eigenvalue weighted by molar-refractivity contribution is 6.31. The van der Waals surface area contributed by atoms with Crippen molar-refractivity contribution >= 4 is 17.6 Å². The molecule has 0 aliphatic rings. The lowest BCUT2D eigenvalue weighted by molar-refractivity contribution is 0.152. The highest BCUT2D eigenvalue weighted by Gasteiger charge is 2.05. The van der Waals surface area contributed by atoms with Gasteiger partial charge in [-0.1, -0.05) is 17.7 Å². The standard InChI is InChI=1S/C13H18ClF2N3O/c1-17-13(19-8-12(15)16)18-6-5-9-3-4-10(20-2)7-11(9)14/h3-4,7,12H,5-6,8H2,1-2H3,(H2,17,18,19). The molecule has 2 N–H and O–H groups in total. The molecule has 0 amide bonds. The van der Waals surface area contributed by atoms with Gasteiger partial charge >= 0.3 is 0 Å². The number of nitrogens with zero attached hydrogens (tertiary/aromatic N) is 1. The van der Waals surface area contributed by atoms with Gasteiger partial charge in [0.2, 0.25) is 0 Å². The summed E-state index contributed by atoms with van der Waals surface area (Å²) in [4.78, 5) is 3.85. The average Bonchev–Trinajstić information content (AvgIpc) is 2.43. The molecular weight excluding hydrogens is 288 g/mol. The van der Waals surface area contributed by atoms with Crippen LogP contribution in [0.3, 0.4) is 0 Å². The van der Waals surface area contributed by atoms with Gasteiger partial charge in [-0.15, -0.1) is 0 Å². The van der Waals surface area contributed by atoms with E-state index in [1.54, 1.807) is 13.2 Å². The molecule has 1 aromatic carbocycles. The van der Waals surface area contributed by atoms with Gasteiger partial charge in [0.15, 0.2) is 5.96 Å². The van der Waals surface area contributed by atoms with Gasteiger partial charge in [-0.3, -0.25) is 4.99 Å². The third kappa shape index (κ3) is 5.61. The van der Waals surface area contributed by atoms with E-state index in [2.05, 4.69) is 15.6 Å². The highest BCUT2D eigenvalue weighted by Crippen LogP contribution is 2.22. The molecule has 0 spiro atoms. The van der Waals surface area contributed by atoms with Gasteiger partial charge in [-0.05, 0) is 24.1 Å². The Kier molecular flexibility index (Phi) is 7.08. The molecule has 0 aliphatic carbocycles. The molecule has 0 saturated carbocycles. The van der Waals surface area contributed by atoms with Crippen molar-refractivity contribution in [2.75, 3.05) is 27.2 Å². The predicted octanol–water partition coefficient (Wildman–Crippen LogP) is 2.32. The minimum Gasteiger partial charge on any atom is -0.497 e. The Hall–Kier alpha value is -1.56. The van der Waals surface area contributed by atoms with E-state index in [1.165, 1.54) is 7.05 Å². The van der Waals surface area contributed by atoms with Gasteiger partial charge < -0.3 is 15.4 Å². The number of benzene rings is 1. The first-order valence-corrected chi connectivity index (χ1v) is 6.49. The summed E-state index contributed by atoms with van der Waals surface area (Å²) in [6.45, 7) is 0.109. The highest BCUT2D eigenvalue weighted by atomic mass is 35.5. The van der Waals surface area contributed by atoms with Crippen LogP contribution in [0.2, 0.25) is 5.02 Å². The second kappa shape index (κ2) is 8.58. The zero-order valence-electron chi connectivity index (χ0n) is 11.4. The number of aliphatic imine (C=N–C) groups is 1. The first-order chi connectivity index (χ1) is 9.56. The van der Waals surface area contributed by atoms with Crippen molar-refractivity contribution in [3.8, 4) is 5.75 Å². The number of nitrogens with one attached hydrogen (secondary N) is 2. The molecule has 1 rings (SSSR count). The number of methoxy groups -OCH3 is 1. The Morgan fingerprint density at radius 3 is 2.70 bits per heavy atom. The van der Waals surface area contributed by atoms with E-state index in [1.807, 2.05) is 12.1 Å². The minimum absolute atomic E-state index is 0.343. The number of guanidine groups is 1. The Balaban J connectivity index is 2.43. The topological polar surface area (TPSA) is 45.7 Å². The predicted molar refractivity (Wildman–Crippen MR) is 77.1 cm³/mol. The van der Waals surface area contributed by atoms with Crippen molar-refractivity contribution in [1.29, 1.82) is 0 Å². The van der Waals surface area contributed by atoms with Gasteiger partial charge in [0, 0.05) is 18.6 Å². The lowest BCUT2D eigenvalue weighted by Gasteiger charge is -2.12. The summed E-state index contributed by atoms with van der Waals surface area (Å²) in [7, 11) is 3.10. The van der Waals surface area contributed by atoms with Gasteiger partial charge in [-0.25, -0.2) is 8.78 Å². The Labute approximate surface area is 122 Å². The second-order valence-corrected chi connectivity index (χ2v) is 4.39. The maximum absolute atomic E-state index is 12.1.